The minimum Gasteiger partial charge on any atom is -0.325 e. The van der Waals surface area contributed by atoms with E-state index in [0.29, 0.717) is 12.2 Å². The molecule has 0 spiro atoms. The van der Waals surface area contributed by atoms with Crippen LogP contribution in [0.15, 0.2) is 23.1 Å². The average Bonchev–Trinajstić information content (AvgIpc) is 2.41. The predicted octanol–water partition coefficient (Wildman–Crippen LogP) is 0.330. The van der Waals surface area contributed by atoms with E-state index in [4.69, 9.17) is 5.14 Å². The molecule has 0 aliphatic carbocycles. The molecule has 1 heterocycles. The molecular weight excluding hydrogens is 363 g/mol. The molecule has 1 aliphatic rings. The molecule has 7 nitrogen and oxygen atoms in total. The van der Waals surface area contributed by atoms with Crippen LogP contribution in [-0.2, 0) is 14.8 Å². The number of rotatable bonds is 4. The Morgan fingerprint density at radius 1 is 1.30 bits per heavy atom. The lowest BCUT2D eigenvalue weighted by Gasteiger charge is -2.26. The van der Waals surface area contributed by atoms with E-state index >= 15 is 0 Å². The molecule has 10 heteroatoms. The van der Waals surface area contributed by atoms with Gasteiger partial charge in [-0.2, -0.15) is 0 Å². The van der Waals surface area contributed by atoms with E-state index in [9.17, 15) is 13.2 Å². The Labute approximate surface area is 148 Å². The zero-order valence-electron chi connectivity index (χ0n) is 12.7. The van der Waals surface area contributed by atoms with Gasteiger partial charge in [0.1, 0.15) is 0 Å². The molecule has 0 unspecified atom stereocenters. The van der Waals surface area contributed by atoms with Gasteiger partial charge in [0.2, 0.25) is 15.9 Å². The van der Waals surface area contributed by atoms with Crippen molar-refractivity contribution in [1.82, 2.24) is 10.2 Å². The van der Waals surface area contributed by atoms with Crippen molar-refractivity contribution in [2.75, 3.05) is 38.0 Å². The van der Waals surface area contributed by atoms with Crippen LogP contribution in [0.5, 0.6) is 0 Å². The number of halogens is 2. The number of nitrogens with zero attached hydrogens (tertiary/aromatic N) is 1. The smallest absolute Gasteiger partial charge is 0.238 e. The van der Waals surface area contributed by atoms with Crippen molar-refractivity contribution in [3.05, 3.63) is 23.8 Å². The van der Waals surface area contributed by atoms with Crippen LogP contribution in [-0.4, -0.2) is 51.9 Å². The summed E-state index contributed by atoms with van der Waals surface area (Å²) in [7, 11) is -3.78. The topological polar surface area (TPSA) is 105 Å². The van der Waals surface area contributed by atoms with Crippen LogP contribution < -0.4 is 15.8 Å². The van der Waals surface area contributed by atoms with Gasteiger partial charge in [0, 0.05) is 31.9 Å². The number of anilines is 1. The van der Waals surface area contributed by atoms with E-state index in [-0.39, 0.29) is 35.6 Å². The Morgan fingerprint density at radius 3 is 2.48 bits per heavy atom. The number of hydrogen-bond acceptors (Lipinski definition) is 5. The molecule has 0 aromatic heterocycles. The summed E-state index contributed by atoms with van der Waals surface area (Å²) in [4.78, 5) is 14.1. The third kappa shape index (κ3) is 6.62. The Kier molecular flexibility index (Phi) is 9.04. The highest BCUT2D eigenvalue weighted by molar-refractivity contribution is 7.89. The summed E-state index contributed by atoms with van der Waals surface area (Å²) in [5.74, 6) is -0.161. The van der Waals surface area contributed by atoms with Gasteiger partial charge in [-0.05, 0) is 24.6 Å². The second kappa shape index (κ2) is 9.41. The number of nitrogens with one attached hydrogen (secondary N) is 2. The first kappa shape index (κ1) is 22.1. The molecule has 0 atom stereocenters. The highest BCUT2D eigenvalue weighted by Gasteiger charge is 2.15. The minimum atomic E-state index is -3.78. The molecule has 2 rings (SSSR count). The van der Waals surface area contributed by atoms with Crippen molar-refractivity contribution in [2.24, 2.45) is 5.14 Å². The average molecular weight is 385 g/mol. The zero-order chi connectivity index (χ0) is 15.5. The Hall–Kier alpha value is -0.900. The van der Waals surface area contributed by atoms with Gasteiger partial charge in [0.25, 0.3) is 0 Å². The first-order chi connectivity index (χ1) is 9.86. The standard InChI is InChI=1S/C13H20N4O3S.2ClH/c1-10-2-3-11(21(14,19)20)8-12(10)16-13(18)9-17-6-4-15-5-7-17;;/h2-3,8,15H,4-7,9H2,1H3,(H,16,18)(H2,14,19,20);2*1H. The maximum absolute atomic E-state index is 12.0. The van der Waals surface area contributed by atoms with Gasteiger partial charge in [-0.25, -0.2) is 13.6 Å². The van der Waals surface area contributed by atoms with E-state index in [1.807, 2.05) is 4.90 Å². The van der Waals surface area contributed by atoms with Gasteiger partial charge >= 0.3 is 0 Å². The van der Waals surface area contributed by atoms with Gasteiger partial charge in [-0.1, -0.05) is 6.07 Å². The quantitative estimate of drug-likeness (QED) is 0.693. The van der Waals surface area contributed by atoms with E-state index in [1.54, 1.807) is 13.0 Å². The van der Waals surface area contributed by atoms with Crippen LogP contribution >= 0.6 is 24.8 Å². The third-order valence-electron chi connectivity index (χ3n) is 3.39. The molecule has 4 N–H and O–H groups in total. The summed E-state index contributed by atoms with van der Waals surface area (Å²) in [5.41, 5.74) is 1.26. The molecule has 1 aromatic carbocycles. The van der Waals surface area contributed by atoms with Crippen molar-refractivity contribution in [3.63, 3.8) is 0 Å². The number of aryl methyl sites for hydroxylation is 1. The van der Waals surface area contributed by atoms with Crippen molar-refractivity contribution in [3.8, 4) is 0 Å². The molecule has 0 radical (unpaired) electrons. The lowest BCUT2D eigenvalue weighted by molar-refractivity contribution is -0.117. The summed E-state index contributed by atoms with van der Waals surface area (Å²) in [6.07, 6.45) is 0. The fraction of sp³-hybridized carbons (Fsp3) is 0.462. The maximum atomic E-state index is 12.0. The summed E-state index contributed by atoms with van der Waals surface area (Å²) >= 11 is 0. The molecule has 1 fully saturated rings. The number of amides is 1. The number of hydrogen-bond donors (Lipinski definition) is 3. The number of benzene rings is 1. The SMILES string of the molecule is Cc1ccc(S(N)(=O)=O)cc1NC(=O)CN1CCNCC1.Cl.Cl. The Morgan fingerprint density at radius 2 is 1.91 bits per heavy atom. The molecule has 1 amide bonds. The van der Waals surface area contributed by atoms with Gasteiger partial charge in [0.15, 0.2) is 0 Å². The molecule has 132 valence electrons. The fourth-order valence-corrected chi connectivity index (χ4v) is 2.71. The highest BCUT2D eigenvalue weighted by Crippen LogP contribution is 2.19. The van der Waals surface area contributed by atoms with E-state index in [1.165, 1.54) is 12.1 Å². The predicted molar refractivity (Wildman–Crippen MR) is 95.0 cm³/mol. The fourth-order valence-electron chi connectivity index (χ4n) is 2.17. The van der Waals surface area contributed by atoms with Crippen molar-refractivity contribution in [2.45, 2.75) is 11.8 Å². The molecule has 0 saturated carbocycles. The van der Waals surface area contributed by atoms with Crippen molar-refractivity contribution in [1.29, 1.82) is 0 Å². The second-order valence-electron chi connectivity index (χ2n) is 5.10. The summed E-state index contributed by atoms with van der Waals surface area (Å²) < 4.78 is 22.7. The lowest BCUT2D eigenvalue weighted by Crippen LogP contribution is -2.46. The van der Waals surface area contributed by atoms with Crippen molar-refractivity contribution >= 4 is 46.4 Å². The van der Waals surface area contributed by atoms with Gasteiger partial charge in [0.05, 0.1) is 11.4 Å². The van der Waals surface area contributed by atoms with Crippen LogP contribution in [0.4, 0.5) is 5.69 Å². The normalized spacial score (nSPS) is 15.2. The molecule has 1 aliphatic heterocycles. The first-order valence-electron chi connectivity index (χ1n) is 6.72. The second-order valence-corrected chi connectivity index (χ2v) is 6.66. The van der Waals surface area contributed by atoms with Crippen LogP contribution in [0.3, 0.4) is 0 Å². The summed E-state index contributed by atoms with van der Waals surface area (Å²) in [6.45, 7) is 5.47. The first-order valence-corrected chi connectivity index (χ1v) is 8.27. The number of sulfonamides is 1. The highest BCUT2D eigenvalue weighted by atomic mass is 35.5. The summed E-state index contributed by atoms with van der Waals surface area (Å²) in [5, 5.41) is 11.1. The van der Waals surface area contributed by atoms with Crippen LogP contribution in [0.1, 0.15) is 5.56 Å². The van der Waals surface area contributed by atoms with Crippen molar-refractivity contribution < 1.29 is 13.2 Å². The van der Waals surface area contributed by atoms with Gasteiger partial charge in [-0.15, -0.1) is 24.8 Å². The van der Waals surface area contributed by atoms with Gasteiger partial charge in [-0.3, -0.25) is 9.69 Å². The molecule has 1 saturated heterocycles. The van der Waals surface area contributed by atoms with Crippen LogP contribution in [0, 0.1) is 6.92 Å². The summed E-state index contributed by atoms with van der Waals surface area (Å²) in [6, 6.07) is 4.44. The van der Waals surface area contributed by atoms with Gasteiger partial charge < -0.3 is 10.6 Å². The Balaban J connectivity index is 0.00000242. The molecule has 23 heavy (non-hydrogen) atoms. The Bertz CT molecular complexity index is 634. The van der Waals surface area contributed by atoms with E-state index < -0.39 is 10.0 Å². The van der Waals surface area contributed by atoms with Crippen LogP contribution in [0.25, 0.3) is 0 Å². The number of carbonyl (C=O) groups is 1. The largest absolute Gasteiger partial charge is 0.325 e. The number of nitrogens with two attached hydrogens (primary N) is 1. The molecule has 1 aromatic rings. The van der Waals surface area contributed by atoms with E-state index in [2.05, 4.69) is 10.6 Å². The monoisotopic (exact) mass is 384 g/mol. The minimum absolute atomic E-state index is 0. The number of primary sulfonamides is 1. The molecule has 0 bridgehead atoms. The maximum Gasteiger partial charge on any atom is 0.238 e. The van der Waals surface area contributed by atoms with Crippen LogP contribution in [0.2, 0.25) is 0 Å². The van der Waals surface area contributed by atoms with E-state index in [0.717, 1.165) is 31.7 Å². The zero-order valence-corrected chi connectivity index (χ0v) is 15.2. The number of carbonyl (C=O) groups excluding carboxylic acids is 1. The lowest BCUT2D eigenvalue weighted by atomic mass is 10.2. The third-order valence-corrected chi connectivity index (χ3v) is 4.30. The number of piperazine rings is 1. The molecular formula is C13H22Cl2N4O3S.